The van der Waals surface area contributed by atoms with Crippen molar-refractivity contribution in [2.45, 2.75) is 32.2 Å². The van der Waals surface area contributed by atoms with Gasteiger partial charge in [0, 0.05) is 23.3 Å². The Labute approximate surface area is 98.8 Å². The van der Waals surface area contributed by atoms with E-state index in [-0.39, 0.29) is 0 Å². The van der Waals surface area contributed by atoms with Crippen molar-refractivity contribution in [1.29, 1.82) is 0 Å². The van der Waals surface area contributed by atoms with Crippen LogP contribution in [-0.4, -0.2) is 17.6 Å². The fourth-order valence-corrected chi connectivity index (χ4v) is 2.12. The number of fused-ring (bicyclic) bond motifs is 1. The molecule has 0 saturated carbocycles. The molecule has 0 aliphatic carbocycles. The first-order valence-electron chi connectivity index (χ1n) is 5.45. The standard InChI is InChI=1S/C11H16BrN3/c1-2-3-4-9-7-13-10-5-8(12)6-14-11(10)15-9/h5-6,9,13H,2-4,7H2,1H3,(H,14,15). The molecule has 4 heteroatoms. The average Bonchev–Trinajstić information content (AvgIpc) is 2.26. The predicted molar refractivity (Wildman–Crippen MR) is 67.4 cm³/mol. The lowest BCUT2D eigenvalue weighted by Crippen LogP contribution is -2.33. The Balaban J connectivity index is 2.03. The molecule has 1 aromatic heterocycles. The third kappa shape index (κ3) is 2.62. The van der Waals surface area contributed by atoms with Gasteiger partial charge >= 0.3 is 0 Å². The van der Waals surface area contributed by atoms with E-state index >= 15 is 0 Å². The van der Waals surface area contributed by atoms with Gasteiger partial charge in [0.2, 0.25) is 0 Å². The molecule has 2 N–H and O–H groups in total. The highest BCUT2D eigenvalue weighted by Crippen LogP contribution is 2.27. The first-order chi connectivity index (χ1) is 7.29. The van der Waals surface area contributed by atoms with Gasteiger partial charge in [0.15, 0.2) is 0 Å². The van der Waals surface area contributed by atoms with Crippen LogP contribution in [0.4, 0.5) is 11.5 Å². The van der Waals surface area contributed by atoms with E-state index in [9.17, 15) is 0 Å². The SMILES string of the molecule is CCCCC1CNc2cc(Br)cnc2N1. The third-order valence-corrected chi connectivity index (χ3v) is 3.07. The molecule has 3 nitrogen and oxygen atoms in total. The van der Waals surface area contributed by atoms with Crippen molar-refractivity contribution < 1.29 is 0 Å². The fraction of sp³-hybridized carbons (Fsp3) is 0.545. The van der Waals surface area contributed by atoms with Crippen LogP contribution in [0, 0.1) is 0 Å². The van der Waals surface area contributed by atoms with E-state index < -0.39 is 0 Å². The smallest absolute Gasteiger partial charge is 0.149 e. The summed E-state index contributed by atoms with van der Waals surface area (Å²) in [7, 11) is 0. The lowest BCUT2D eigenvalue weighted by atomic mass is 10.1. The van der Waals surface area contributed by atoms with Crippen molar-refractivity contribution in [2.75, 3.05) is 17.2 Å². The molecular formula is C11H16BrN3. The van der Waals surface area contributed by atoms with Gasteiger partial charge in [0.1, 0.15) is 5.82 Å². The number of pyridine rings is 1. The predicted octanol–water partition coefficient (Wildman–Crippen LogP) is 3.24. The summed E-state index contributed by atoms with van der Waals surface area (Å²) in [5, 5.41) is 6.87. The van der Waals surface area contributed by atoms with Crippen LogP contribution in [-0.2, 0) is 0 Å². The van der Waals surface area contributed by atoms with E-state index in [1.165, 1.54) is 19.3 Å². The summed E-state index contributed by atoms with van der Waals surface area (Å²) in [6.07, 6.45) is 5.56. The van der Waals surface area contributed by atoms with Crippen LogP contribution >= 0.6 is 15.9 Å². The summed E-state index contributed by atoms with van der Waals surface area (Å²) in [6, 6.07) is 2.58. The van der Waals surface area contributed by atoms with Crippen LogP contribution in [0.1, 0.15) is 26.2 Å². The summed E-state index contributed by atoms with van der Waals surface area (Å²) in [6.45, 7) is 3.21. The molecule has 1 aliphatic rings. The number of nitrogens with zero attached hydrogens (tertiary/aromatic N) is 1. The maximum Gasteiger partial charge on any atom is 0.149 e. The maximum atomic E-state index is 4.36. The number of halogens is 1. The van der Waals surface area contributed by atoms with Gasteiger partial charge in [0.05, 0.1) is 5.69 Å². The van der Waals surface area contributed by atoms with Crippen LogP contribution in [0.15, 0.2) is 16.7 Å². The number of hydrogen-bond acceptors (Lipinski definition) is 3. The van der Waals surface area contributed by atoms with Gasteiger partial charge in [-0.2, -0.15) is 0 Å². The molecule has 0 spiro atoms. The summed E-state index contributed by atoms with van der Waals surface area (Å²) >= 11 is 3.42. The zero-order chi connectivity index (χ0) is 10.7. The van der Waals surface area contributed by atoms with Gasteiger partial charge in [0.25, 0.3) is 0 Å². The van der Waals surface area contributed by atoms with Crippen molar-refractivity contribution >= 4 is 27.4 Å². The summed E-state index contributed by atoms with van der Waals surface area (Å²) in [4.78, 5) is 4.36. The molecule has 1 aliphatic heterocycles. The van der Waals surface area contributed by atoms with Crippen LogP contribution in [0.25, 0.3) is 0 Å². The summed E-state index contributed by atoms with van der Waals surface area (Å²) < 4.78 is 1.02. The van der Waals surface area contributed by atoms with Crippen molar-refractivity contribution in [2.24, 2.45) is 0 Å². The molecule has 2 heterocycles. The Bertz CT molecular complexity index is 341. The lowest BCUT2D eigenvalue weighted by molar-refractivity contribution is 0.617. The molecule has 0 fully saturated rings. The lowest BCUT2D eigenvalue weighted by Gasteiger charge is -2.27. The van der Waals surface area contributed by atoms with Gasteiger partial charge in [-0.05, 0) is 28.4 Å². The Hall–Kier alpha value is -0.770. The van der Waals surface area contributed by atoms with Crippen LogP contribution < -0.4 is 10.6 Å². The van der Waals surface area contributed by atoms with Crippen LogP contribution in [0.2, 0.25) is 0 Å². The molecule has 0 amide bonds. The second-order valence-electron chi connectivity index (χ2n) is 3.91. The number of aromatic nitrogens is 1. The zero-order valence-electron chi connectivity index (χ0n) is 8.89. The molecule has 1 aromatic rings. The van der Waals surface area contributed by atoms with Crippen molar-refractivity contribution in [1.82, 2.24) is 4.98 Å². The summed E-state index contributed by atoms with van der Waals surface area (Å²) in [5.41, 5.74) is 1.09. The second kappa shape index (κ2) is 4.84. The fourth-order valence-electron chi connectivity index (χ4n) is 1.79. The van der Waals surface area contributed by atoms with E-state index in [0.717, 1.165) is 22.5 Å². The molecule has 0 bridgehead atoms. The van der Waals surface area contributed by atoms with Crippen molar-refractivity contribution in [3.05, 3.63) is 16.7 Å². The Morgan fingerprint density at radius 2 is 2.47 bits per heavy atom. The van der Waals surface area contributed by atoms with Crippen molar-refractivity contribution in [3.63, 3.8) is 0 Å². The highest BCUT2D eigenvalue weighted by atomic mass is 79.9. The van der Waals surface area contributed by atoms with E-state index in [1.54, 1.807) is 0 Å². The van der Waals surface area contributed by atoms with E-state index in [2.05, 4.69) is 44.5 Å². The molecule has 15 heavy (non-hydrogen) atoms. The summed E-state index contributed by atoms with van der Waals surface area (Å²) in [5.74, 6) is 0.977. The molecule has 0 aromatic carbocycles. The first-order valence-corrected chi connectivity index (χ1v) is 6.25. The molecule has 1 unspecified atom stereocenters. The largest absolute Gasteiger partial charge is 0.380 e. The topological polar surface area (TPSA) is 37.0 Å². The average molecular weight is 270 g/mol. The number of anilines is 2. The van der Waals surface area contributed by atoms with Crippen molar-refractivity contribution in [3.8, 4) is 0 Å². The number of unbranched alkanes of at least 4 members (excludes halogenated alkanes) is 1. The zero-order valence-corrected chi connectivity index (χ0v) is 10.5. The minimum atomic E-state index is 0.520. The number of hydrogen-bond donors (Lipinski definition) is 2. The maximum absolute atomic E-state index is 4.36. The minimum absolute atomic E-state index is 0.520. The highest BCUT2D eigenvalue weighted by molar-refractivity contribution is 9.10. The van der Waals surface area contributed by atoms with Gasteiger partial charge in [-0.15, -0.1) is 0 Å². The Morgan fingerprint density at radius 3 is 3.27 bits per heavy atom. The first kappa shape index (κ1) is 10.7. The molecule has 0 saturated heterocycles. The molecule has 2 rings (SSSR count). The second-order valence-corrected chi connectivity index (χ2v) is 4.83. The number of rotatable bonds is 3. The normalized spacial score (nSPS) is 18.9. The molecule has 0 radical (unpaired) electrons. The van der Waals surface area contributed by atoms with Gasteiger partial charge in [-0.25, -0.2) is 4.98 Å². The third-order valence-electron chi connectivity index (χ3n) is 2.64. The van der Waals surface area contributed by atoms with E-state index in [1.807, 2.05) is 6.20 Å². The minimum Gasteiger partial charge on any atom is -0.380 e. The van der Waals surface area contributed by atoms with Gasteiger partial charge in [-0.1, -0.05) is 19.8 Å². The van der Waals surface area contributed by atoms with Gasteiger partial charge < -0.3 is 10.6 Å². The Morgan fingerprint density at radius 1 is 1.60 bits per heavy atom. The Kier molecular flexibility index (Phi) is 3.46. The highest BCUT2D eigenvalue weighted by Gasteiger charge is 2.17. The molecule has 82 valence electrons. The van der Waals surface area contributed by atoms with E-state index in [0.29, 0.717) is 6.04 Å². The quantitative estimate of drug-likeness (QED) is 0.885. The van der Waals surface area contributed by atoms with Crippen LogP contribution in [0.3, 0.4) is 0 Å². The van der Waals surface area contributed by atoms with Crippen LogP contribution in [0.5, 0.6) is 0 Å². The number of nitrogens with one attached hydrogen (secondary N) is 2. The molecule has 1 atom stereocenters. The monoisotopic (exact) mass is 269 g/mol. The van der Waals surface area contributed by atoms with Gasteiger partial charge in [-0.3, -0.25) is 0 Å². The molecular weight excluding hydrogens is 254 g/mol. The van der Waals surface area contributed by atoms with E-state index in [4.69, 9.17) is 0 Å².